The fourth-order valence-electron chi connectivity index (χ4n) is 4.05. The summed E-state index contributed by atoms with van der Waals surface area (Å²) >= 11 is 0. The van der Waals surface area contributed by atoms with Crippen LogP contribution in [-0.4, -0.2) is 36.5 Å². The van der Waals surface area contributed by atoms with Gasteiger partial charge in [-0.05, 0) is 56.0 Å². The first-order valence-corrected chi connectivity index (χ1v) is 10.4. The lowest BCUT2D eigenvalue weighted by molar-refractivity contribution is 0.0933. The number of aryl methyl sites for hydroxylation is 1. The first kappa shape index (κ1) is 22.1. The van der Waals surface area contributed by atoms with Crippen LogP contribution < -0.4 is 4.90 Å². The van der Waals surface area contributed by atoms with Crippen molar-refractivity contribution < 1.29 is 9.21 Å². The summed E-state index contributed by atoms with van der Waals surface area (Å²) in [6.45, 7) is 5.14. The molecular weight excluding hydrogens is 396 g/mol. The van der Waals surface area contributed by atoms with Crippen molar-refractivity contribution in [3.63, 3.8) is 0 Å². The van der Waals surface area contributed by atoms with Gasteiger partial charge in [-0.3, -0.25) is 4.79 Å². The van der Waals surface area contributed by atoms with Crippen molar-refractivity contribution >= 4 is 24.0 Å². The summed E-state index contributed by atoms with van der Waals surface area (Å²) in [4.78, 5) is 17.6. The molecule has 0 spiro atoms. The second kappa shape index (κ2) is 10.5. The summed E-state index contributed by atoms with van der Waals surface area (Å²) in [5.74, 6) is 0.346. The SMILES string of the molecule is Cc1ccc(N(C(=O)c2ccco2)C2CCN(CCc3ccccc3)CC2)cc1.Cl. The highest BCUT2D eigenvalue weighted by molar-refractivity contribution is 6.04. The molecule has 0 saturated carbocycles. The number of benzene rings is 2. The molecule has 2 aromatic carbocycles. The number of halogens is 1. The van der Waals surface area contributed by atoms with Crippen LogP contribution in [0.1, 0.15) is 34.5 Å². The highest BCUT2D eigenvalue weighted by atomic mass is 35.5. The number of anilines is 1. The summed E-state index contributed by atoms with van der Waals surface area (Å²) in [6.07, 6.45) is 4.56. The van der Waals surface area contributed by atoms with Gasteiger partial charge in [0.25, 0.3) is 5.91 Å². The lowest BCUT2D eigenvalue weighted by atomic mass is 10.0. The zero-order chi connectivity index (χ0) is 20.1. The van der Waals surface area contributed by atoms with Gasteiger partial charge in [0.2, 0.25) is 0 Å². The van der Waals surface area contributed by atoms with E-state index in [0.29, 0.717) is 5.76 Å². The van der Waals surface area contributed by atoms with Crippen LogP contribution >= 0.6 is 12.4 Å². The Hall–Kier alpha value is -2.56. The minimum absolute atomic E-state index is 0. The van der Waals surface area contributed by atoms with Gasteiger partial charge in [-0.15, -0.1) is 12.4 Å². The van der Waals surface area contributed by atoms with Crippen LogP contribution in [0.15, 0.2) is 77.4 Å². The Labute approximate surface area is 184 Å². The summed E-state index contributed by atoms with van der Waals surface area (Å²) in [5, 5.41) is 0. The van der Waals surface area contributed by atoms with Gasteiger partial charge >= 0.3 is 0 Å². The van der Waals surface area contributed by atoms with Gasteiger partial charge in [-0.25, -0.2) is 0 Å². The number of hydrogen-bond donors (Lipinski definition) is 0. The highest BCUT2D eigenvalue weighted by Crippen LogP contribution is 2.26. The van der Waals surface area contributed by atoms with Crippen molar-refractivity contribution in [3.05, 3.63) is 89.9 Å². The molecule has 3 aromatic rings. The molecule has 0 unspecified atom stereocenters. The summed E-state index contributed by atoms with van der Waals surface area (Å²) in [5.41, 5.74) is 3.51. The van der Waals surface area contributed by atoms with Gasteiger partial charge in [-0.1, -0.05) is 48.0 Å². The first-order chi connectivity index (χ1) is 14.2. The smallest absolute Gasteiger partial charge is 0.294 e. The van der Waals surface area contributed by atoms with Crippen molar-refractivity contribution in [2.75, 3.05) is 24.5 Å². The van der Waals surface area contributed by atoms with E-state index in [9.17, 15) is 4.79 Å². The second-order valence-electron chi connectivity index (χ2n) is 7.80. The topological polar surface area (TPSA) is 36.7 Å². The van der Waals surface area contributed by atoms with Crippen LogP contribution in [0.25, 0.3) is 0 Å². The van der Waals surface area contributed by atoms with Crippen molar-refractivity contribution in [1.29, 1.82) is 0 Å². The number of hydrogen-bond acceptors (Lipinski definition) is 3. The van der Waals surface area contributed by atoms with E-state index in [4.69, 9.17) is 4.42 Å². The van der Waals surface area contributed by atoms with Crippen molar-refractivity contribution in [2.24, 2.45) is 0 Å². The van der Waals surface area contributed by atoms with Gasteiger partial charge < -0.3 is 14.2 Å². The fraction of sp³-hybridized carbons (Fsp3) is 0.320. The van der Waals surface area contributed by atoms with Crippen LogP contribution in [0.4, 0.5) is 5.69 Å². The minimum atomic E-state index is -0.0541. The predicted octanol–water partition coefficient (Wildman–Crippen LogP) is 5.36. The molecule has 30 heavy (non-hydrogen) atoms. The number of carbonyl (C=O) groups is 1. The van der Waals surface area contributed by atoms with Crippen molar-refractivity contribution in [3.8, 4) is 0 Å². The molecule has 5 heteroatoms. The lowest BCUT2D eigenvalue weighted by Crippen LogP contribution is -2.48. The molecule has 1 aromatic heterocycles. The van der Waals surface area contributed by atoms with E-state index in [1.165, 1.54) is 11.1 Å². The summed E-state index contributed by atoms with van der Waals surface area (Å²) in [6, 6.07) is 22.5. The molecule has 0 bridgehead atoms. The molecule has 1 fully saturated rings. The van der Waals surface area contributed by atoms with E-state index in [2.05, 4.69) is 54.3 Å². The number of piperidine rings is 1. The normalized spacial score (nSPS) is 14.8. The van der Waals surface area contributed by atoms with E-state index in [-0.39, 0.29) is 24.4 Å². The number of rotatable bonds is 6. The molecule has 1 amide bonds. The van der Waals surface area contributed by atoms with Gasteiger partial charge in [0, 0.05) is 31.4 Å². The molecule has 4 nitrogen and oxygen atoms in total. The monoisotopic (exact) mass is 424 g/mol. The minimum Gasteiger partial charge on any atom is -0.459 e. The fourth-order valence-corrected chi connectivity index (χ4v) is 4.05. The summed E-state index contributed by atoms with van der Waals surface area (Å²) in [7, 11) is 0. The van der Waals surface area contributed by atoms with Crippen molar-refractivity contribution in [1.82, 2.24) is 4.90 Å². The van der Waals surface area contributed by atoms with Crippen LogP contribution in [0.5, 0.6) is 0 Å². The quantitative estimate of drug-likeness (QED) is 0.534. The Bertz CT molecular complexity index is 902. The number of furan rings is 1. The summed E-state index contributed by atoms with van der Waals surface area (Å²) < 4.78 is 5.42. The van der Waals surface area contributed by atoms with Gasteiger partial charge in [-0.2, -0.15) is 0 Å². The van der Waals surface area contributed by atoms with Gasteiger partial charge in [0.1, 0.15) is 0 Å². The zero-order valence-electron chi connectivity index (χ0n) is 17.4. The number of amides is 1. The molecule has 158 valence electrons. The van der Waals surface area contributed by atoms with E-state index >= 15 is 0 Å². The largest absolute Gasteiger partial charge is 0.459 e. The Balaban J connectivity index is 0.00000256. The molecular formula is C25H29ClN2O2. The average Bonchev–Trinajstić information content (AvgIpc) is 3.30. The van der Waals surface area contributed by atoms with E-state index < -0.39 is 0 Å². The molecule has 1 aliphatic rings. The molecule has 0 N–H and O–H groups in total. The number of nitrogens with zero attached hydrogens (tertiary/aromatic N) is 2. The van der Waals surface area contributed by atoms with Crippen molar-refractivity contribution in [2.45, 2.75) is 32.2 Å². The number of carbonyl (C=O) groups excluding carboxylic acids is 1. The second-order valence-corrected chi connectivity index (χ2v) is 7.80. The maximum atomic E-state index is 13.2. The highest BCUT2D eigenvalue weighted by Gasteiger charge is 2.30. The Morgan fingerprint density at radius 1 is 1.00 bits per heavy atom. The Morgan fingerprint density at radius 3 is 2.33 bits per heavy atom. The third kappa shape index (κ3) is 5.32. The maximum Gasteiger partial charge on any atom is 0.294 e. The molecule has 4 rings (SSSR count). The third-order valence-electron chi connectivity index (χ3n) is 5.74. The van der Waals surface area contributed by atoms with Crippen LogP contribution in [0.2, 0.25) is 0 Å². The van der Waals surface area contributed by atoms with Crippen LogP contribution in [-0.2, 0) is 6.42 Å². The molecule has 1 aliphatic heterocycles. The van der Waals surface area contributed by atoms with E-state index in [0.717, 1.165) is 44.6 Å². The Kier molecular flexibility index (Phi) is 7.72. The molecule has 2 heterocycles. The van der Waals surface area contributed by atoms with Gasteiger partial charge in [0.05, 0.1) is 6.26 Å². The zero-order valence-corrected chi connectivity index (χ0v) is 18.2. The predicted molar refractivity (Wildman–Crippen MR) is 124 cm³/mol. The van der Waals surface area contributed by atoms with Crippen LogP contribution in [0, 0.1) is 6.92 Å². The van der Waals surface area contributed by atoms with E-state index in [1.807, 2.05) is 17.0 Å². The average molecular weight is 425 g/mol. The van der Waals surface area contributed by atoms with Gasteiger partial charge in [0.15, 0.2) is 5.76 Å². The van der Waals surface area contributed by atoms with E-state index in [1.54, 1.807) is 18.4 Å². The lowest BCUT2D eigenvalue weighted by Gasteiger charge is -2.38. The standard InChI is InChI=1S/C25H28N2O2.ClH/c1-20-9-11-22(12-10-20)27(25(28)24-8-5-19-29-24)23-14-17-26(18-15-23)16-13-21-6-3-2-4-7-21;/h2-12,19,23H,13-18H2,1H3;1H. The number of likely N-dealkylation sites (tertiary alicyclic amines) is 1. The maximum absolute atomic E-state index is 13.2. The molecule has 1 saturated heterocycles. The molecule has 0 aliphatic carbocycles. The van der Waals surface area contributed by atoms with Crippen LogP contribution in [0.3, 0.4) is 0 Å². The third-order valence-corrected chi connectivity index (χ3v) is 5.74. The molecule has 0 atom stereocenters. The first-order valence-electron chi connectivity index (χ1n) is 10.4. The molecule has 0 radical (unpaired) electrons. The Morgan fingerprint density at radius 2 is 1.70 bits per heavy atom.